The number of rotatable bonds is 6. The van der Waals surface area contributed by atoms with Crippen molar-refractivity contribution >= 4 is 23.1 Å². The highest BCUT2D eigenvalue weighted by atomic mass is 15.1. The zero-order chi connectivity index (χ0) is 17.6. The van der Waals surface area contributed by atoms with E-state index in [1.807, 2.05) is 57.4 Å². The third kappa shape index (κ3) is 4.70. The standard InChI is InChI=1S/C20H23N5/c1-15-12-19(21-14-16-8-5-4-6-9-16)24-20(22-15)23-17-10-7-11-18(13-17)25(2)3/h4-13H,14H2,1-3H3,(H2,21,22,23,24). The Labute approximate surface area is 148 Å². The fourth-order valence-corrected chi connectivity index (χ4v) is 2.49. The zero-order valence-electron chi connectivity index (χ0n) is 14.8. The van der Waals surface area contributed by atoms with Crippen molar-refractivity contribution in [2.45, 2.75) is 13.5 Å². The van der Waals surface area contributed by atoms with E-state index in [2.05, 4.69) is 49.8 Å². The molecule has 0 fully saturated rings. The summed E-state index contributed by atoms with van der Waals surface area (Å²) >= 11 is 0. The van der Waals surface area contributed by atoms with Gasteiger partial charge in [-0.15, -0.1) is 0 Å². The molecular weight excluding hydrogens is 310 g/mol. The summed E-state index contributed by atoms with van der Waals surface area (Å²) in [5.74, 6) is 1.40. The van der Waals surface area contributed by atoms with Gasteiger partial charge in [0.15, 0.2) is 0 Å². The molecule has 25 heavy (non-hydrogen) atoms. The highest BCUT2D eigenvalue weighted by Gasteiger charge is 2.04. The van der Waals surface area contributed by atoms with Crippen LogP contribution >= 0.6 is 0 Å². The molecule has 2 aromatic carbocycles. The molecular formula is C20H23N5. The van der Waals surface area contributed by atoms with Crippen LogP contribution in [0.25, 0.3) is 0 Å². The molecule has 3 aromatic rings. The van der Waals surface area contributed by atoms with Crippen molar-refractivity contribution in [2.75, 3.05) is 29.6 Å². The van der Waals surface area contributed by atoms with E-state index < -0.39 is 0 Å². The average molecular weight is 333 g/mol. The van der Waals surface area contributed by atoms with Gasteiger partial charge in [0.25, 0.3) is 0 Å². The molecule has 0 saturated carbocycles. The first-order valence-corrected chi connectivity index (χ1v) is 8.28. The van der Waals surface area contributed by atoms with Crippen molar-refractivity contribution in [2.24, 2.45) is 0 Å². The van der Waals surface area contributed by atoms with Gasteiger partial charge in [0.2, 0.25) is 5.95 Å². The summed E-state index contributed by atoms with van der Waals surface area (Å²) in [5.41, 5.74) is 4.22. The van der Waals surface area contributed by atoms with Gasteiger partial charge < -0.3 is 15.5 Å². The smallest absolute Gasteiger partial charge is 0.229 e. The molecule has 2 N–H and O–H groups in total. The Bertz CT molecular complexity index is 830. The van der Waals surface area contributed by atoms with Gasteiger partial charge in [0.1, 0.15) is 5.82 Å². The number of hydrogen-bond donors (Lipinski definition) is 2. The molecule has 5 nitrogen and oxygen atoms in total. The Hall–Kier alpha value is -3.08. The Morgan fingerprint density at radius 3 is 2.48 bits per heavy atom. The third-order valence-electron chi connectivity index (χ3n) is 3.79. The first kappa shape index (κ1) is 16.8. The lowest BCUT2D eigenvalue weighted by Gasteiger charge is -2.14. The predicted molar refractivity (Wildman–Crippen MR) is 105 cm³/mol. The maximum Gasteiger partial charge on any atom is 0.229 e. The van der Waals surface area contributed by atoms with E-state index in [1.165, 1.54) is 5.56 Å². The molecule has 5 heteroatoms. The molecule has 128 valence electrons. The van der Waals surface area contributed by atoms with Crippen LogP contribution in [0.3, 0.4) is 0 Å². The molecule has 0 aliphatic heterocycles. The number of anilines is 4. The van der Waals surface area contributed by atoms with E-state index in [0.29, 0.717) is 5.95 Å². The molecule has 0 atom stereocenters. The Morgan fingerprint density at radius 1 is 0.920 bits per heavy atom. The second kappa shape index (κ2) is 7.66. The lowest BCUT2D eigenvalue weighted by molar-refractivity contribution is 1.06. The van der Waals surface area contributed by atoms with E-state index in [9.17, 15) is 0 Å². The maximum atomic E-state index is 4.57. The average Bonchev–Trinajstić information content (AvgIpc) is 2.60. The highest BCUT2D eigenvalue weighted by Crippen LogP contribution is 2.21. The fraction of sp³-hybridized carbons (Fsp3) is 0.200. The van der Waals surface area contributed by atoms with E-state index in [1.54, 1.807) is 0 Å². The van der Waals surface area contributed by atoms with Gasteiger partial charge in [-0.3, -0.25) is 0 Å². The van der Waals surface area contributed by atoms with E-state index in [4.69, 9.17) is 0 Å². The highest BCUT2D eigenvalue weighted by molar-refractivity contribution is 5.62. The van der Waals surface area contributed by atoms with Crippen molar-refractivity contribution in [3.8, 4) is 0 Å². The Morgan fingerprint density at radius 2 is 1.72 bits per heavy atom. The maximum absolute atomic E-state index is 4.57. The molecule has 0 unspecified atom stereocenters. The molecule has 0 aliphatic carbocycles. The molecule has 3 rings (SSSR count). The molecule has 1 aromatic heterocycles. The zero-order valence-corrected chi connectivity index (χ0v) is 14.8. The van der Waals surface area contributed by atoms with Crippen LogP contribution in [0, 0.1) is 6.92 Å². The van der Waals surface area contributed by atoms with Crippen LogP contribution in [0.15, 0.2) is 60.7 Å². The SMILES string of the molecule is Cc1cc(NCc2ccccc2)nc(Nc2cccc(N(C)C)c2)n1. The van der Waals surface area contributed by atoms with Crippen LogP contribution in [0.5, 0.6) is 0 Å². The number of nitrogens with zero attached hydrogens (tertiary/aromatic N) is 3. The molecule has 1 heterocycles. The first-order valence-electron chi connectivity index (χ1n) is 8.28. The van der Waals surface area contributed by atoms with E-state index >= 15 is 0 Å². The van der Waals surface area contributed by atoms with Gasteiger partial charge in [-0.2, -0.15) is 4.98 Å². The molecule has 0 amide bonds. The first-order chi connectivity index (χ1) is 12.1. The van der Waals surface area contributed by atoms with Crippen LogP contribution in [-0.2, 0) is 6.54 Å². The minimum Gasteiger partial charge on any atom is -0.378 e. The van der Waals surface area contributed by atoms with Crippen LogP contribution in [0.4, 0.5) is 23.1 Å². The fourth-order valence-electron chi connectivity index (χ4n) is 2.49. The Kier molecular flexibility index (Phi) is 5.14. The lowest BCUT2D eigenvalue weighted by atomic mass is 10.2. The van der Waals surface area contributed by atoms with Crippen LogP contribution < -0.4 is 15.5 Å². The van der Waals surface area contributed by atoms with Crippen LogP contribution in [0.1, 0.15) is 11.3 Å². The summed E-state index contributed by atoms with van der Waals surface area (Å²) in [7, 11) is 4.04. The minimum absolute atomic E-state index is 0.589. The van der Waals surface area contributed by atoms with Gasteiger partial charge >= 0.3 is 0 Å². The minimum atomic E-state index is 0.589. The van der Waals surface area contributed by atoms with Gasteiger partial charge in [-0.25, -0.2) is 4.98 Å². The summed E-state index contributed by atoms with van der Waals surface area (Å²) in [6.45, 7) is 2.70. The number of aryl methyl sites for hydroxylation is 1. The van der Waals surface area contributed by atoms with E-state index in [-0.39, 0.29) is 0 Å². The molecule has 0 saturated heterocycles. The number of aromatic nitrogens is 2. The Balaban J connectivity index is 1.74. The normalized spacial score (nSPS) is 10.4. The largest absolute Gasteiger partial charge is 0.378 e. The third-order valence-corrected chi connectivity index (χ3v) is 3.79. The summed E-state index contributed by atoms with van der Waals surface area (Å²) in [6, 6.07) is 20.4. The van der Waals surface area contributed by atoms with Crippen molar-refractivity contribution in [3.63, 3.8) is 0 Å². The molecule has 0 spiro atoms. The number of hydrogen-bond acceptors (Lipinski definition) is 5. The van der Waals surface area contributed by atoms with E-state index in [0.717, 1.165) is 29.4 Å². The van der Waals surface area contributed by atoms with Crippen molar-refractivity contribution in [3.05, 3.63) is 71.9 Å². The summed E-state index contributed by atoms with van der Waals surface area (Å²) in [4.78, 5) is 11.1. The molecule has 0 radical (unpaired) electrons. The second-order valence-electron chi connectivity index (χ2n) is 6.13. The van der Waals surface area contributed by atoms with Gasteiger partial charge in [-0.05, 0) is 30.7 Å². The van der Waals surface area contributed by atoms with Crippen LogP contribution in [-0.4, -0.2) is 24.1 Å². The monoisotopic (exact) mass is 333 g/mol. The van der Waals surface area contributed by atoms with Gasteiger partial charge in [-0.1, -0.05) is 36.4 Å². The summed E-state index contributed by atoms with van der Waals surface area (Å²) in [5, 5.41) is 6.65. The summed E-state index contributed by atoms with van der Waals surface area (Å²) in [6.07, 6.45) is 0. The van der Waals surface area contributed by atoms with Gasteiger partial charge in [0, 0.05) is 43.8 Å². The second-order valence-corrected chi connectivity index (χ2v) is 6.13. The molecule has 0 bridgehead atoms. The quantitative estimate of drug-likeness (QED) is 0.708. The predicted octanol–water partition coefficient (Wildman–Crippen LogP) is 4.21. The van der Waals surface area contributed by atoms with Gasteiger partial charge in [0.05, 0.1) is 0 Å². The lowest BCUT2D eigenvalue weighted by Crippen LogP contribution is -2.09. The van der Waals surface area contributed by atoms with Crippen molar-refractivity contribution in [1.29, 1.82) is 0 Å². The molecule has 0 aliphatic rings. The summed E-state index contributed by atoms with van der Waals surface area (Å²) < 4.78 is 0. The number of nitrogens with one attached hydrogen (secondary N) is 2. The van der Waals surface area contributed by atoms with Crippen molar-refractivity contribution < 1.29 is 0 Å². The van der Waals surface area contributed by atoms with Crippen molar-refractivity contribution in [1.82, 2.24) is 9.97 Å². The topological polar surface area (TPSA) is 53.1 Å². The number of benzene rings is 2. The van der Waals surface area contributed by atoms with Crippen LogP contribution in [0.2, 0.25) is 0 Å².